The van der Waals surface area contributed by atoms with E-state index in [1.165, 1.54) is 25.7 Å². The predicted octanol–water partition coefficient (Wildman–Crippen LogP) is 2.95. The minimum atomic E-state index is 0.591. The second-order valence-corrected chi connectivity index (χ2v) is 5.71. The normalized spacial score (nSPS) is 29.6. The monoisotopic (exact) mass is 252 g/mol. The number of fused-ring (bicyclic) bond motifs is 2. The lowest BCUT2D eigenvalue weighted by Gasteiger charge is -2.29. The Morgan fingerprint density at radius 2 is 1.94 bits per heavy atom. The number of rotatable bonds is 5. The molecule has 0 aromatic rings. The molecule has 1 N–H and O–H groups in total. The first kappa shape index (κ1) is 12.9. The molecule has 2 nitrogen and oxygen atoms in total. The Labute approximate surface area is 110 Å². The molecule has 0 spiro atoms. The molecule has 2 rings (SSSR count). The lowest BCUT2D eigenvalue weighted by molar-refractivity contribution is 0.393. The van der Waals surface area contributed by atoms with Crippen LogP contribution in [0.2, 0.25) is 0 Å². The van der Waals surface area contributed by atoms with E-state index in [-0.39, 0.29) is 0 Å². The fraction of sp³-hybridized carbons (Fsp3) is 0.786. The Morgan fingerprint density at radius 3 is 2.41 bits per heavy atom. The zero-order chi connectivity index (χ0) is 12.3. The van der Waals surface area contributed by atoms with Gasteiger partial charge in [0.2, 0.25) is 0 Å². The van der Waals surface area contributed by atoms with Gasteiger partial charge in [0.1, 0.15) is 0 Å². The Kier molecular flexibility index (Phi) is 4.43. The average Bonchev–Trinajstić information content (AvgIpc) is 2.90. The largest absolute Gasteiger partial charge is 0.359 e. The van der Waals surface area contributed by atoms with Crippen LogP contribution in [0, 0.1) is 11.8 Å². The number of hydrogen-bond donors (Lipinski definition) is 1. The van der Waals surface area contributed by atoms with Gasteiger partial charge >= 0.3 is 0 Å². The summed E-state index contributed by atoms with van der Waals surface area (Å²) in [5, 5.41) is 4.56. The molecule has 1 fully saturated rings. The van der Waals surface area contributed by atoms with E-state index in [4.69, 9.17) is 12.2 Å². The molecule has 0 aromatic carbocycles. The maximum atomic E-state index is 5.55. The van der Waals surface area contributed by atoms with Crippen LogP contribution >= 0.6 is 12.2 Å². The number of hydrogen-bond acceptors (Lipinski definition) is 1. The van der Waals surface area contributed by atoms with Gasteiger partial charge in [-0.1, -0.05) is 26.0 Å². The number of allylic oxidation sites excluding steroid dienone is 1. The Hall–Kier alpha value is -0.570. The van der Waals surface area contributed by atoms with Crippen LogP contribution in [0.5, 0.6) is 0 Å². The fourth-order valence-electron chi connectivity index (χ4n) is 3.05. The van der Waals surface area contributed by atoms with Gasteiger partial charge < -0.3 is 10.2 Å². The van der Waals surface area contributed by atoms with E-state index in [0.29, 0.717) is 6.04 Å². The van der Waals surface area contributed by atoms with Crippen LogP contribution in [-0.2, 0) is 0 Å². The topological polar surface area (TPSA) is 15.3 Å². The van der Waals surface area contributed by atoms with E-state index in [9.17, 15) is 0 Å². The second kappa shape index (κ2) is 5.85. The third kappa shape index (κ3) is 3.01. The summed E-state index contributed by atoms with van der Waals surface area (Å²) in [6.45, 7) is 6.59. The maximum Gasteiger partial charge on any atom is 0.169 e. The van der Waals surface area contributed by atoms with Crippen molar-refractivity contribution in [1.82, 2.24) is 10.2 Å². The van der Waals surface area contributed by atoms with Crippen molar-refractivity contribution in [1.29, 1.82) is 0 Å². The van der Waals surface area contributed by atoms with Gasteiger partial charge in [-0.05, 0) is 49.7 Å². The molecule has 2 bridgehead atoms. The first-order valence-corrected chi connectivity index (χ1v) is 7.39. The molecular weight excluding hydrogens is 228 g/mol. The molecule has 2 aliphatic carbocycles. The van der Waals surface area contributed by atoms with Gasteiger partial charge in [-0.2, -0.15) is 0 Å². The van der Waals surface area contributed by atoms with Gasteiger partial charge in [-0.25, -0.2) is 0 Å². The Balaban J connectivity index is 1.84. The van der Waals surface area contributed by atoms with E-state index in [2.05, 4.69) is 36.2 Å². The minimum Gasteiger partial charge on any atom is -0.359 e. The summed E-state index contributed by atoms with van der Waals surface area (Å²) >= 11 is 5.55. The van der Waals surface area contributed by atoms with Crippen LogP contribution < -0.4 is 5.32 Å². The van der Waals surface area contributed by atoms with Crippen LogP contribution in [0.4, 0.5) is 0 Å². The summed E-state index contributed by atoms with van der Waals surface area (Å²) in [5.41, 5.74) is 0. The molecule has 3 atom stereocenters. The number of thiocarbonyl (C=S) groups is 1. The fourth-order valence-corrected chi connectivity index (χ4v) is 3.39. The molecule has 0 heterocycles. The van der Waals surface area contributed by atoms with Gasteiger partial charge in [-0.3, -0.25) is 0 Å². The number of nitrogens with zero attached hydrogens (tertiary/aromatic N) is 1. The second-order valence-electron chi connectivity index (χ2n) is 5.32. The van der Waals surface area contributed by atoms with Crippen LogP contribution in [0.15, 0.2) is 12.2 Å². The van der Waals surface area contributed by atoms with Crippen LogP contribution in [0.25, 0.3) is 0 Å². The highest BCUT2D eigenvalue weighted by molar-refractivity contribution is 7.80. The molecule has 0 aliphatic heterocycles. The standard InChI is InChI=1S/C14H24N2S/c1-3-7-16(8-4-2)14(17)15-13-10-11-5-6-12(13)9-11/h5-6,11-13H,3-4,7-10H2,1-2H3,(H,15,17)/t11-,12+,13-/m0/s1. The highest BCUT2D eigenvalue weighted by Crippen LogP contribution is 2.38. The minimum absolute atomic E-state index is 0.591. The van der Waals surface area contributed by atoms with Crippen LogP contribution in [-0.4, -0.2) is 29.1 Å². The van der Waals surface area contributed by atoms with E-state index in [1.807, 2.05) is 0 Å². The molecule has 0 aromatic heterocycles. The van der Waals surface area contributed by atoms with Crippen molar-refractivity contribution in [2.45, 2.75) is 45.6 Å². The molecule has 17 heavy (non-hydrogen) atoms. The van der Waals surface area contributed by atoms with Crippen molar-refractivity contribution < 1.29 is 0 Å². The molecule has 0 amide bonds. The van der Waals surface area contributed by atoms with E-state index in [1.54, 1.807) is 0 Å². The van der Waals surface area contributed by atoms with Gasteiger partial charge in [0.25, 0.3) is 0 Å². The summed E-state index contributed by atoms with van der Waals surface area (Å²) in [6, 6.07) is 0.591. The van der Waals surface area contributed by atoms with E-state index < -0.39 is 0 Å². The van der Waals surface area contributed by atoms with E-state index >= 15 is 0 Å². The first-order chi connectivity index (χ1) is 8.24. The smallest absolute Gasteiger partial charge is 0.169 e. The lowest BCUT2D eigenvalue weighted by atomic mass is 10.0. The summed E-state index contributed by atoms with van der Waals surface area (Å²) in [6.07, 6.45) is 9.69. The van der Waals surface area contributed by atoms with Crippen molar-refractivity contribution >= 4 is 17.3 Å². The van der Waals surface area contributed by atoms with Crippen LogP contribution in [0.3, 0.4) is 0 Å². The molecule has 2 aliphatic rings. The molecule has 1 saturated carbocycles. The Morgan fingerprint density at radius 1 is 1.24 bits per heavy atom. The quantitative estimate of drug-likeness (QED) is 0.598. The SMILES string of the molecule is CCCN(CCC)C(=S)N[C@H]1C[C@H]2C=C[C@@H]1C2. The highest BCUT2D eigenvalue weighted by atomic mass is 32.1. The Bertz CT molecular complexity index is 295. The van der Waals surface area contributed by atoms with Gasteiger partial charge in [-0.15, -0.1) is 0 Å². The van der Waals surface area contributed by atoms with Gasteiger partial charge in [0.15, 0.2) is 5.11 Å². The zero-order valence-corrected chi connectivity index (χ0v) is 11.8. The number of nitrogens with one attached hydrogen (secondary N) is 1. The molecule has 0 radical (unpaired) electrons. The lowest BCUT2D eigenvalue weighted by Crippen LogP contribution is -2.46. The highest BCUT2D eigenvalue weighted by Gasteiger charge is 2.36. The van der Waals surface area contributed by atoms with Crippen molar-refractivity contribution in [2.24, 2.45) is 11.8 Å². The van der Waals surface area contributed by atoms with E-state index in [0.717, 1.165) is 30.0 Å². The van der Waals surface area contributed by atoms with Gasteiger partial charge in [0, 0.05) is 19.1 Å². The molecule has 3 heteroatoms. The zero-order valence-electron chi connectivity index (χ0n) is 11.0. The third-order valence-corrected chi connectivity index (χ3v) is 4.24. The maximum absolute atomic E-state index is 5.55. The van der Waals surface area contributed by atoms with Crippen molar-refractivity contribution in [3.8, 4) is 0 Å². The molecule has 96 valence electrons. The third-order valence-electron chi connectivity index (χ3n) is 3.86. The van der Waals surface area contributed by atoms with Gasteiger partial charge in [0.05, 0.1) is 0 Å². The molecule has 0 saturated heterocycles. The summed E-state index contributed by atoms with van der Waals surface area (Å²) < 4.78 is 0. The van der Waals surface area contributed by atoms with Crippen molar-refractivity contribution in [2.75, 3.05) is 13.1 Å². The van der Waals surface area contributed by atoms with Crippen molar-refractivity contribution in [3.05, 3.63) is 12.2 Å². The summed E-state index contributed by atoms with van der Waals surface area (Å²) in [7, 11) is 0. The molecule has 0 unspecified atom stereocenters. The predicted molar refractivity (Wildman–Crippen MR) is 77.0 cm³/mol. The van der Waals surface area contributed by atoms with Crippen molar-refractivity contribution in [3.63, 3.8) is 0 Å². The van der Waals surface area contributed by atoms with Crippen LogP contribution in [0.1, 0.15) is 39.5 Å². The molecular formula is C14H24N2S. The first-order valence-electron chi connectivity index (χ1n) is 6.98. The summed E-state index contributed by atoms with van der Waals surface area (Å²) in [4.78, 5) is 2.32. The average molecular weight is 252 g/mol. The summed E-state index contributed by atoms with van der Waals surface area (Å²) in [5.74, 6) is 1.54.